The van der Waals surface area contributed by atoms with Gasteiger partial charge < -0.3 is 4.74 Å². The average Bonchev–Trinajstić information content (AvgIpc) is 2.53. The number of nitro groups is 1. The van der Waals surface area contributed by atoms with E-state index in [2.05, 4.69) is 11.1 Å². The number of non-ortho nitro benzene ring substituents is 1. The zero-order valence-corrected chi connectivity index (χ0v) is 13.6. The molecule has 1 heterocycles. The number of thioether (sulfide) groups is 1. The number of rotatable bonds is 6. The fourth-order valence-corrected chi connectivity index (χ4v) is 3.13. The summed E-state index contributed by atoms with van der Waals surface area (Å²) in [5.74, 6) is 0.499. The van der Waals surface area contributed by atoms with Gasteiger partial charge in [-0.2, -0.15) is 5.26 Å². The summed E-state index contributed by atoms with van der Waals surface area (Å²) in [5, 5.41) is 20.8. The quantitative estimate of drug-likeness (QED) is 0.457. The summed E-state index contributed by atoms with van der Waals surface area (Å²) >= 11 is 1.39. The van der Waals surface area contributed by atoms with Gasteiger partial charge in [-0.3, -0.25) is 10.1 Å². The molecule has 0 saturated heterocycles. The van der Waals surface area contributed by atoms with Gasteiger partial charge in [0.1, 0.15) is 11.1 Å². The maximum atomic E-state index is 10.8. The van der Waals surface area contributed by atoms with Gasteiger partial charge in [0.15, 0.2) is 0 Å². The molecule has 1 aromatic carbocycles. The number of ether oxygens (including phenoxy) is 1. The van der Waals surface area contributed by atoms with Crippen molar-refractivity contribution in [2.45, 2.75) is 24.3 Å². The second-order valence-electron chi connectivity index (χ2n) is 4.86. The van der Waals surface area contributed by atoms with Crippen LogP contribution in [0.15, 0.2) is 35.4 Å². The summed E-state index contributed by atoms with van der Waals surface area (Å²) in [6.45, 7) is 2.20. The van der Waals surface area contributed by atoms with E-state index in [1.807, 2.05) is 19.1 Å². The van der Waals surface area contributed by atoms with Crippen LogP contribution in [0.1, 0.15) is 22.4 Å². The molecule has 7 heteroatoms. The molecule has 0 aliphatic rings. The molecule has 0 saturated carbocycles. The molecule has 6 nitrogen and oxygen atoms in total. The van der Waals surface area contributed by atoms with Crippen LogP contribution in [-0.4, -0.2) is 17.0 Å². The number of hydrogen-bond acceptors (Lipinski definition) is 6. The molecule has 0 bridgehead atoms. The summed E-state index contributed by atoms with van der Waals surface area (Å²) in [6.07, 6.45) is 0. The molecule has 1 aromatic heterocycles. The predicted octanol–water partition coefficient (Wildman–Crippen LogP) is 3.61. The molecule has 0 atom stereocenters. The number of nitro benzene ring substituents is 1. The summed E-state index contributed by atoms with van der Waals surface area (Å²) in [6, 6.07) is 10.5. The van der Waals surface area contributed by atoms with Gasteiger partial charge in [-0.25, -0.2) is 4.98 Å². The van der Waals surface area contributed by atoms with Crippen molar-refractivity contribution >= 4 is 17.4 Å². The summed E-state index contributed by atoms with van der Waals surface area (Å²) in [4.78, 5) is 14.8. The third kappa shape index (κ3) is 4.28. The van der Waals surface area contributed by atoms with E-state index in [9.17, 15) is 15.4 Å². The van der Waals surface area contributed by atoms with Gasteiger partial charge in [-0.05, 0) is 24.1 Å². The van der Waals surface area contributed by atoms with E-state index in [0.29, 0.717) is 22.9 Å². The maximum Gasteiger partial charge on any atom is 0.269 e. The van der Waals surface area contributed by atoms with Crippen LogP contribution in [0.4, 0.5) is 5.69 Å². The second kappa shape index (κ2) is 7.72. The average molecular weight is 329 g/mol. The first-order valence-electron chi connectivity index (χ1n) is 6.81. The lowest BCUT2D eigenvalue weighted by atomic mass is 10.1. The van der Waals surface area contributed by atoms with Gasteiger partial charge in [-0.15, -0.1) is 11.8 Å². The highest BCUT2D eigenvalue weighted by Gasteiger charge is 2.13. The van der Waals surface area contributed by atoms with Crippen LogP contribution >= 0.6 is 11.8 Å². The number of benzene rings is 1. The zero-order valence-electron chi connectivity index (χ0n) is 12.8. The summed E-state index contributed by atoms with van der Waals surface area (Å²) in [7, 11) is 1.58. The van der Waals surface area contributed by atoms with Crippen molar-refractivity contribution in [2.75, 3.05) is 7.11 Å². The predicted molar refractivity (Wildman–Crippen MR) is 87.1 cm³/mol. The lowest BCUT2D eigenvalue weighted by Crippen LogP contribution is -2.00. The van der Waals surface area contributed by atoms with E-state index >= 15 is 0 Å². The highest BCUT2D eigenvalue weighted by Crippen LogP contribution is 2.28. The van der Waals surface area contributed by atoms with E-state index < -0.39 is 4.92 Å². The SMILES string of the molecule is COCc1cc(C)nc(SCc2cccc([N+](=O)[O-])c2)c1C#N. The molecular formula is C16H15N3O3S. The van der Waals surface area contributed by atoms with Crippen LogP contribution in [-0.2, 0) is 17.1 Å². The van der Waals surface area contributed by atoms with Crippen LogP contribution in [0.2, 0.25) is 0 Å². The number of nitrogens with zero attached hydrogens (tertiary/aromatic N) is 3. The highest BCUT2D eigenvalue weighted by atomic mass is 32.2. The van der Waals surface area contributed by atoms with Crippen LogP contribution in [0, 0.1) is 28.4 Å². The van der Waals surface area contributed by atoms with Gasteiger partial charge in [-0.1, -0.05) is 12.1 Å². The molecule has 0 aliphatic carbocycles. The minimum absolute atomic E-state index is 0.0564. The van der Waals surface area contributed by atoms with Gasteiger partial charge in [0, 0.05) is 30.7 Å². The van der Waals surface area contributed by atoms with Crippen molar-refractivity contribution in [3.05, 3.63) is 62.8 Å². The summed E-state index contributed by atoms with van der Waals surface area (Å²) in [5.41, 5.74) is 2.96. The largest absolute Gasteiger partial charge is 0.380 e. The van der Waals surface area contributed by atoms with E-state index in [1.54, 1.807) is 13.2 Å². The van der Waals surface area contributed by atoms with Crippen LogP contribution in [0.3, 0.4) is 0 Å². The van der Waals surface area contributed by atoms with Gasteiger partial charge in [0.25, 0.3) is 5.69 Å². The van der Waals surface area contributed by atoms with E-state index in [4.69, 9.17) is 4.74 Å². The van der Waals surface area contributed by atoms with Gasteiger partial charge in [0.05, 0.1) is 17.1 Å². The molecule has 118 valence electrons. The Morgan fingerprint density at radius 1 is 1.43 bits per heavy atom. The van der Waals surface area contributed by atoms with Gasteiger partial charge in [0.2, 0.25) is 0 Å². The van der Waals surface area contributed by atoms with Crippen LogP contribution < -0.4 is 0 Å². The molecule has 2 aromatic rings. The lowest BCUT2D eigenvalue weighted by molar-refractivity contribution is -0.384. The van der Waals surface area contributed by atoms with Crippen molar-refractivity contribution in [2.24, 2.45) is 0 Å². The molecule has 0 spiro atoms. The molecule has 0 radical (unpaired) electrons. The Kier molecular flexibility index (Phi) is 5.68. The second-order valence-corrected chi connectivity index (χ2v) is 5.83. The molecule has 0 amide bonds. The number of hydrogen-bond donors (Lipinski definition) is 0. The molecular weight excluding hydrogens is 314 g/mol. The van der Waals surface area contributed by atoms with Crippen molar-refractivity contribution in [1.82, 2.24) is 4.98 Å². The van der Waals surface area contributed by atoms with Crippen molar-refractivity contribution in [3.63, 3.8) is 0 Å². The Morgan fingerprint density at radius 2 is 2.22 bits per heavy atom. The van der Waals surface area contributed by atoms with Crippen LogP contribution in [0.5, 0.6) is 0 Å². The van der Waals surface area contributed by atoms with Crippen molar-refractivity contribution in [3.8, 4) is 6.07 Å². The monoisotopic (exact) mass is 329 g/mol. The first-order valence-corrected chi connectivity index (χ1v) is 7.79. The van der Waals surface area contributed by atoms with E-state index in [-0.39, 0.29) is 5.69 Å². The Morgan fingerprint density at radius 3 is 2.87 bits per heavy atom. The first kappa shape index (κ1) is 16.9. The number of methoxy groups -OCH3 is 1. The Labute approximate surface area is 138 Å². The highest BCUT2D eigenvalue weighted by molar-refractivity contribution is 7.98. The van der Waals surface area contributed by atoms with Crippen LogP contribution in [0.25, 0.3) is 0 Å². The standard InChI is InChI=1S/C16H15N3O3S/c1-11-6-13(9-22-2)15(8-17)16(18-11)23-10-12-4-3-5-14(7-12)19(20)21/h3-7H,9-10H2,1-2H3. The maximum absolute atomic E-state index is 10.8. The normalized spacial score (nSPS) is 10.3. The Hall–Kier alpha value is -2.43. The van der Waals surface area contributed by atoms with E-state index in [0.717, 1.165) is 16.8 Å². The number of aryl methyl sites for hydroxylation is 1. The number of nitriles is 1. The first-order chi connectivity index (χ1) is 11.0. The Bertz CT molecular complexity index is 772. The fourth-order valence-electron chi connectivity index (χ4n) is 2.11. The smallest absolute Gasteiger partial charge is 0.269 e. The molecule has 0 unspecified atom stereocenters. The Balaban J connectivity index is 2.25. The number of pyridine rings is 1. The molecule has 0 aliphatic heterocycles. The number of aromatic nitrogens is 1. The summed E-state index contributed by atoms with van der Waals surface area (Å²) < 4.78 is 5.12. The third-order valence-electron chi connectivity index (χ3n) is 3.10. The minimum Gasteiger partial charge on any atom is -0.380 e. The lowest BCUT2D eigenvalue weighted by Gasteiger charge is -2.09. The third-order valence-corrected chi connectivity index (χ3v) is 4.15. The van der Waals surface area contributed by atoms with Crippen molar-refractivity contribution < 1.29 is 9.66 Å². The fraction of sp³-hybridized carbons (Fsp3) is 0.250. The molecule has 23 heavy (non-hydrogen) atoms. The molecule has 0 N–H and O–H groups in total. The molecule has 2 rings (SSSR count). The zero-order chi connectivity index (χ0) is 16.8. The van der Waals surface area contributed by atoms with E-state index in [1.165, 1.54) is 23.9 Å². The minimum atomic E-state index is -0.420. The van der Waals surface area contributed by atoms with Gasteiger partial charge >= 0.3 is 0 Å². The topological polar surface area (TPSA) is 89.1 Å². The van der Waals surface area contributed by atoms with Crippen molar-refractivity contribution in [1.29, 1.82) is 5.26 Å². The molecule has 0 fully saturated rings.